The summed E-state index contributed by atoms with van der Waals surface area (Å²) in [7, 11) is 0. The van der Waals surface area contributed by atoms with Gasteiger partial charge in [0.25, 0.3) is 0 Å². The summed E-state index contributed by atoms with van der Waals surface area (Å²) in [6.45, 7) is 0. The fourth-order valence-electron chi connectivity index (χ4n) is 1.78. The standard InChI is InChI=1S/C12H8Cl2N4/c13-8-3-1-7(2-4-8)11-16-17-12-10(15)5-9(14)6-18(11)12/h1-6H,15H2. The number of halogens is 2. The number of fused-ring (bicyclic) bond motifs is 1. The molecule has 6 heteroatoms. The first-order chi connectivity index (χ1) is 8.65. The summed E-state index contributed by atoms with van der Waals surface area (Å²) in [4.78, 5) is 0. The molecule has 1 aromatic carbocycles. The zero-order valence-corrected chi connectivity index (χ0v) is 10.7. The predicted octanol–water partition coefficient (Wildman–Crippen LogP) is 3.29. The molecule has 2 heterocycles. The van der Waals surface area contributed by atoms with Crippen LogP contribution in [-0.4, -0.2) is 14.6 Å². The number of nitrogens with zero attached hydrogens (tertiary/aromatic N) is 3. The third kappa shape index (κ3) is 1.79. The van der Waals surface area contributed by atoms with E-state index in [-0.39, 0.29) is 0 Å². The topological polar surface area (TPSA) is 56.2 Å². The maximum atomic E-state index is 5.99. The maximum Gasteiger partial charge on any atom is 0.184 e. The van der Waals surface area contributed by atoms with Gasteiger partial charge in [-0.05, 0) is 30.3 Å². The SMILES string of the molecule is Nc1cc(Cl)cn2c(-c3ccc(Cl)cc3)nnc12. The molecule has 0 spiro atoms. The second-order valence-electron chi connectivity index (χ2n) is 3.84. The molecule has 0 atom stereocenters. The van der Waals surface area contributed by atoms with E-state index in [0.717, 1.165) is 5.56 Å². The van der Waals surface area contributed by atoms with Gasteiger partial charge >= 0.3 is 0 Å². The van der Waals surface area contributed by atoms with Gasteiger partial charge in [0, 0.05) is 16.8 Å². The van der Waals surface area contributed by atoms with Crippen molar-refractivity contribution in [3.8, 4) is 11.4 Å². The van der Waals surface area contributed by atoms with E-state index in [4.69, 9.17) is 28.9 Å². The molecule has 18 heavy (non-hydrogen) atoms. The third-order valence-corrected chi connectivity index (χ3v) is 3.06. The van der Waals surface area contributed by atoms with Crippen molar-refractivity contribution < 1.29 is 0 Å². The van der Waals surface area contributed by atoms with E-state index in [1.54, 1.807) is 28.8 Å². The molecular weight excluding hydrogens is 271 g/mol. The van der Waals surface area contributed by atoms with Gasteiger partial charge in [-0.2, -0.15) is 0 Å². The minimum atomic E-state index is 0.496. The molecule has 3 rings (SSSR count). The van der Waals surface area contributed by atoms with Crippen molar-refractivity contribution in [2.24, 2.45) is 0 Å². The lowest BCUT2D eigenvalue weighted by molar-refractivity contribution is 1.11. The van der Waals surface area contributed by atoms with Crippen LogP contribution in [0.25, 0.3) is 17.0 Å². The van der Waals surface area contributed by atoms with Crippen molar-refractivity contribution in [1.82, 2.24) is 14.6 Å². The number of rotatable bonds is 1. The largest absolute Gasteiger partial charge is 0.396 e. The highest BCUT2D eigenvalue weighted by molar-refractivity contribution is 6.31. The van der Waals surface area contributed by atoms with Gasteiger partial charge in [0.2, 0.25) is 0 Å². The summed E-state index contributed by atoms with van der Waals surface area (Å²) in [6.07, 6.45) is 1.73. The molecule has 0 aliphatic rings. The van der Waals surface area contributed by atoms with E-state index < -0.39 is 0 Å². The van der Waals surface area contributed by atoms with Gasteiger partial charge < -0.3 is 5.73 Å². The highest BCUT2D eigenvalue weighted by Gasteiger charge is 2.10. The lowest BCUT2D eigenvalue weighted by atomic mass is 10.2. The van der Waals surface area contributed by atoms with Crippen LogP contribution in [0.5, 0.6) is 0 Å². The van der Waals surface area contributed by atoms with Crippen molar-refractivity contribution in [1.29, 1.82) is 0 Å². The summed E-state index contributed by atoms with van der Waals surface area (Å²) in [5.74, 6) is 0.677. The Morgan fingerprint density at radius 3 is 2.44 bits per heavy atom. The number of hydrogen-bond donors (Lipinski definition) is 1. The molecule has 0 aliphatic heterocycles. The van der Waals surface area contributed by atoms with Gasteiger partial charge in [-0.25, -0.2) is 0 Å². The van der Waals surface area contributed by atoms with Gasteiger partial charge in [0.15, 0.2) is 11.5 Å². The van der Waals surface area contributed by atoms with E-state index in [9.17, 15) is 0 Å². The monoisotopic (exact) mass is 278 g/mol. The van der Waals surface area contributed by atoms with Crippen LogP contribution < -0.4 is 5.73 Å². The number of hydrogen-bond acceptors (Lipinski definition) is 3. The molecule has 3 aromatic rings. The Balaban J connectivity index is 2.27. The van der Waals surface area contributed by atoms with E-state index in [1.807, 2.05) is 12.1 Å². The van der Waals surface area contributed by atoms with Crippen LogP contribution in [0.3, 0.4) is 0 Å². The molecule has 0 unspecified atom stereocenters. The second kappa shape index (κ2) is 4.15. The molecular formula is C12H8Cl2N4. The van der Waals surface area contributed by atoms with Crippen molar-refractivity contribution >= 4 is 34.5 Å². The van der Waals surface area contributed by atoms with Crippen LogP contribution in [0.4, 0.5) is 5.69 Å². The Bertz CT molecular complexity index is 719. The molecule has 0 saturated carbocycles. The van der Waals surface area contributed by atoms with Crippen LogP contribution in [0, 0.1) is 0 Å². The summed E-state index contributed by atoms with van der Waals surface area (Å²) in [5.41, 5.74) is 7.82. The van der Waals surface area contributed by atoms with E-state index in [2.05, 4.69) is 10.2 Å². The first kappa shape index (κ1) is 11.3. The molecule has 0 fully saturated rings. The first-order valence-corrected chi connectivity index (χ1v) is 5.96. The maximum absolute atomic E-state index is 5.99. The van der Waals surface area contributed by atoms with E-state index in [1.165, 1.54) is 0 Å². The van der Waals surface area contributed by atoms with Crippen LogP contribution in [0.1, 0.15) is 0 Å². The number of anilines is 1. The molecule has 4 nitrogen and oxygen atoms in total. The zero-order chi connectivity index (χ0) is 12.7. The number of pyridine rings is 1. The number of aromatic nitrogens is 3. The number of nitrogen functional groups attached to an aromatic ring is 1. The Labute approximate surface area is 113 Å². The Morgan fingerprint density at radius 1 is 1.00 bits per heavy atom. The lowest BCUT2D eigenvalue weighted by Crippen LogP contribution is -1.94. The highest BCUT2D eigenvalue weighted by atomic mass is 35.5. The van der Waals surface area contributed by atoms with Crippen LogP contribution >= 0.6 is 23.2 Å². The fourth-order valence-corrected chi connectivity index (χ4v) is 2.12. The Kier molecular flexibility index (Phi) is 2.61. The normalized spacial score (nSPS) is 11.0. The quantitative estimate of drug-likeness (QED) is 0.743. The fraction of sp³-hybridized carbons (Fsp3) is 0. The van der Waals surface area contributed by atoms with Gasteiger partial charge in [0.05, 0.1) is 10.7 Å². The van der Waals surface area contributed by atoms with Crippen molar-refractivity contribution in [3.05, 3.63) is 46.6 Å². The lowest BCUT2D eigenvalue weighted by Gasteiger charge is -2.02. The first-order valence-electron chi connectivity index (χ1n) is 5.21. The molecule has 0 radical (unpaired) electrons. The number of nitrogens with two attached hydrogens (primary N) is 1. The Hall–Kier alpha value is -1.78. The molecule has 0 bridgehead atoms. The average molecular weight is 279 g/mol. The molecule has 2 aromatic heterocycles. The van der Waals surface area contributed by atoms with Crippen LogP contribution in [-0.2, 0) is 0 Å². The summed E-state index contributed by atoms with van der Waals surface area (Å²) in [5, 5.41) is 9.39. The van der Waals surface area contributed by atoms with Gasteiger partial charge in [-0.15, -0.1) is 10.2 Å². The minimum absolute atomic E-state index is 0.496. The summed E-state index contributed by atoms with van der Waals surface area (Å²) >= 11 is 11.8. The molecule has 0 saturated heterocycles. The molecule has 90 valence electrons. The van der Waals surface area contributed by atoms with Gasteiger partial charge in [-0.3, -0.25) is 4.40 Å². The minimum Gasteiger partial charge on any atom is -0.396 e. The highest BCUT2D eigenvalue weighted by Crippen LogP contribution is 2.25. The van der Waals surface area contributed by atoms with Crippen LogP contribution in [0.2, 0.25) is 10.0 Å². The van der Waals surface area contributed by atoms with Gasteiger partial charge in [-0.1, -0.05) is 23.2 Å². The van der Waals surface area contributed by atoms with Crippen LogP contribution in [0.15, 0.2) is 36.5 Å². The van der Waals surface area contributed by atoms with Gasteiger partial charge in [0.1, 0.15) is 0 Å². The zero-order valence-electron chi connectivity index (χ0n) is 9.14. The summed E-state index contributed by atoms with van der Waals surface area (Å²) in [6, 6.07) is 8.99. The van der Waals surface area contributed by atoms with E-state index >= 15 is 0 Å². The van der Waals surface area contributed by atoms with Crippen molar-refractivity contribution in [3.63, 3.8) is 0 Å². The summed E-state index contributed by atoms with van der Waals surface area (Å²) < 4.78 is 1.76. The average Bonchev–Trinajstić information content (AvgIpc) is 2.74. The third-order valence-electron chi connectivity index (χ3n) is 2.60. The Morgan fingerprint density at radius 2 is 1.72 bits per heavy atom. The van der Waals surface area contributed by atoms with Crippen molar-refractivity contribution in [2.45, 2.75) is 0 Å². The van der Waals surface area contributed by atoms with E-state index in [0.29, 0.717) is 27.2 Å². The molecule has 0 aliphatic carbocycles. The smallest absolute Gasteiger partial charge is 0.184 e. The number of benzene rings is 1. The second-order valence-corrected chi connectivity index (χ2v) is 4.71. The molecule has 2 N–H and O–H groups in total. The van der Waals surface area contributed by atoms with Crippen molar-refractivity contribution in [2.75, 3.05) is 5.73 Å². The molecule has 0 amide bonds. The predicted molar refractivity (Wildman–Crippen MR) is 72.9 cm³/mol.